The standard InChI is InChI=1S/C18H10Cl4N2O2S/c19-9-1-3-13(11(21)7-9)23-17(25)15-5-6-16(27-15)18(26)24-14-4-2-10(20)8-12(14)22/h1-8H,(H,23,25)(H,24,26). The van der Waals surface area contributed by atoms with Crippen molar-refractivity contribution in [1.82, 2.24) is 0 Å². The lowest BCUT2D eigenvalue weighted by Gasteiger charge is -2.07. The fourth-order valence-corrected chi connectivity index (χ4v) is 3.84. The molecule has 27 heavy (non-hydrogen) atoms. The Bertz CT molecular complexity index is 956. The fraction of sp³-hybridized carbons (Fsp3) is 0. The summed E-state index contributed by atoms with van der Waals surface area (Å²) in [6.45, 7) is 0. The lowest BCUT2D eigenvalue weighted by molar-refractivity contribution is 0.102. The first-order chi connectivity index (χ1) is 12.8. The van der Waals surface area contributed by atoms with Gasteiger partial charge < -0.3 is 10.6 Å². The highest BCUT2D eigenvalue weighted by molar-refractivity contribution is 7.16. The van der Waals surface area contributed by atoms with E-state index in [4.69, 9.17) is 46.4 Å². The summed E-state index contributed by atoms with van der Waals surface area (Å²) in [4.78, 5) is 25.5. The molecule has 3 rings (SSSR count). The molecule has 2 aromatic carbocycles. The first-order valence-electron chi connectivity index (χ1n) is 7.46. The molecular formula is C18H10Cl4N2O2S. The molecule has 0 bridgehead atoms. The van der Waals surface area contributed by atoms with Crippen LogP contribution in [-0.4, -0.2) is 11.8 Å². The number of hydrogen-bond acceptors (Lipinski definition) is 3. The second-order valence-electron chi connectivity index (χ2n) is 5.32. The molecule has 0 spiro atoms. The zero-order valence-electron chi connectivity index (χ0n) is 13.4. The Hall–Kier alpha value is -1.76. The number of rotatable bonds is 4. The van der Waals surface area contributed by atoms with Crippen LogP contribution in [0.5, 0.6) is 0 Å². The van der Waals surface area contributed by atoms with Gasteiger partial charge >= 0.3 is 0 Å². The Labute approximate surface area is 179 Å². The van der Waals surface area contributed by atoms with Crippen LogP contribution in [-0.2, 0) is 0 Å². The van der Waals surface area contributed by atoms with Gasteiger partial charge in [0.15, 0.2) is 0 Å². The van der Waals surface area contributed by atoms with Gasteiger partial charge in [-0.05, 0) is 48.5 Å². The van der Waals surface area contributed by atoms with Gasteiger partial charge in [-0.25, -0.2) is 0 Å². The Morgan fingerprint density at radius 3 is 1.44 bits per heavy atom. The van der Waals surface area contributed by atoms with E-state index in [1.807, 2.05) is 0 Å². The highest BCUT2D eigenvalue weighted by Crippen LogP contribution is 2.28. The van der Waals surface area contributed by atoms with Crippen molar-refractivity contribution in [2.45, 2.75) is 0 Å². The van der Waals surface area contributed by atoms with Gasteiger partial charge in [0.25, 0.3) is 11.8 Å². The number of nitrogens with one attached hydrogen (secondary N) is 2. The molecule has 0 fully saturated rings. The Kier molecular flexibility index (Phi) is 6.29. The predicted octanol–water partition coefficient (Wildman–Crippen LogP) is 6.87. The van der Waals surface area contributed by atoms with Crippen molar-refractivity contribution in [3.05, 3.63) is 78.4 Å². The molecule has 0 saturated heterocycles. The van der Waals surface area contributed by atoms with E-state index in [-0.39, 0.29) is 11.8 Å². The molecular weight excluding hydrogens is 450 g/mol. The number of anilines is 2. The van der Waals surface area contributed by atoms with E-state index in [0.717, 1.165) is 11.3 Å². The van der Waals surface area contributed by atoms with Gasteiger partial charge in [0.2, 0.25) is 0 Å². The van der Waals surface area contributed by atoms with Gasteiger partial charge in [0.1, 0.15) is 0 Å². The molecule has 2 N–H and O–H groups in total. The van der Waals surface area contributed by atoms with Crippen molar-refractivity contribution >= 4 is 80.9 Å². The first-order valence-corrected chi connectivity index (χ1v) is 9.79. The third-order valence-electron chi connectivity index (χ3n) is 3.41. The second kappa shape index (κ2) is 8.50. The number of thiophene rings is 1. The van der Waals surface area contributed by atoms with E-state index >= 15 is 0 Å². The summed E-state index contributed by atoms with van der Waals surface area (Å²) in [5.41, 5.74) is 0.858. The molecule has 0 radical (unpaired) electrons. The summed E-state index contributed by atoms with van der Waals surface area (Å²) >= 11 is 24.8. The average molecular weight is 460 g/mol. The van der Waals surface area contributed by atoms with Gasteiger partial charge in [-0.1, -0.05) is 46.4 Å². The monoisotopic (exact) mass is 458 g/mol. The lowest BCUT2D eigenvalue weighted by Crippen LogP contribution is -2.11. The topological polar surface area (TPSA) is 58.2 Å². The molecule has 9 heteroatoms. The number of hydrogen-bond donors (Lipinski definition) is 2. The first kappa shape index (κ1) is 20.0. The molecule has 0 aliphatic heterocycles. The zero-order valence-corrected chi connectivity index (χ0v) is 17.2. The fourth-order valence-electron chi connectivity index (χ4n) is 2.13. The van der Waals surface area contributed by atoms with Gasteiger partial charge in [-0.15, -0.1) is 11.3 Å². The van der Waals surface area contributed by atoms with Crippen LogP contribution in [0.2, 0.25) is 20.1 Å². The van der Waals surface area contributed by atoms with Crippen molar-refractivity contribution in [2.24, 2.45) is 0 Å². The van der Waals surface area contributed by atoms with Crippen LogP contribution in [0.4, 0.5) is 11.4 Å². The maximum Gasteiger partial charge on any atom is 0.265 e. The third kappa shape index (κ3) is 4.94. The van der Waals surface area contributed by atoms with Crippen LogP contribution in [0, 0.1) is 0 Å². The van der Waals surface area contributed by atoms with Crippen LogP contribution in [0.3, 0.4) is 0 Å². The average Bonchev–Trinajstić information content (AvgIpc) is 3.10. The quantitative estimate of drug-likeness (QED) is 0.447. The molecule has 4 nitrogen and oxygen atoms in total. The molecule has 0 aliphatic carbocycles. The summed E-state index contributed by atoms with van der Waals surface area (Å²) < 4.78 is 0. The Morgan fingerprint density at radius 1 is 0.667 bits per heavy atom. The minimum absolute atomic E-state index is 0.322. The van der Waals surface area contributed by atoms with Crippen molar-refractivity contribution in [2.75, 3.05) is 10.6 Å². The van der Waals surface area contributed by atoms with E-state index in [9.17, 15) is 9.59 Å². The molecule has 0 unspecified atom stereocenters. The Morgan fingerprint density at radius 2 is 1.07 bits per heavy atom. The van der Waals surface area contributed by atoms with E-state index in [1.165, 1.54) is 12.1 Å². The van der Waals surface area contributed by atoms with E-state index < -0.39 is 0 Å². The minimum atomic E-state index is -0.382. The van der Waals surface area contributed by atoms with Crippen molar-refractivity contribution in [3.63, 3.8) is 0 Å². The lowest BCUT2D eigenvalue weighted by atomic mass is 10.3. The van der Waals surface area contributed by atoms with Crippen LogP contribution in [0.1, 0.15) is 19.3 Å². The largest absolute Gasteiger partial charge is 0.320 e. The van der Waals surface area contributed by atoms with Gasteiger partial charge in [-0.2, -0.15) is 0 Å². The van der Waals surface area contributed by atoms with Gasteiger partial charge in [0.05, 0.1) is 31.2 Å². The highest BCUT2D eigenvalue weighted by atomic mass is 35.5. The van der Waals surface area contributed by atoms with E-state index in [0.29, 0.717) is 41.2 Å². The molecule has 2 amide bonds. The maximum absolute atomic E-state index is 12.4. The smallest absolute Gasteiger partial charge is 0.265 e. The van der Waals surface area contributed by atoms with Gasteiger partial charge in [0, 0.05) is 10.0 Å². The number of carbonyl (C=O) groups excluding carboxylic acids is 2. The van der Waals surface area contributed by atoms with Crippen LogP contribution in [0.25, 0.3) is 0 Å². The van der Waals surface area contributed by atoms with Crippen LogP contribution in [0.15, 0.2) is 48.5 Å². The number of carbonyl (C=O) groups is 2. The summed E-state index contributed by atoms with van der Waals surface area (Å²) in [5, 5.41) is 6.95. The van der Waals surface area contributed by atoms with Crippen molar-refractivity contribution < 1.29 is 9.59 Å². The van der Waals surface area contributed by atoms with Crippen molar-refractivity contribution in [3.8, 4) is 0 Å². The van der Waals surface area contributed by atoms with E-state index in [2.05, 4.69) is 10.6 Å². The zero-order chi connectivity index (χ0) is 19.6. The summed E-state index contributed by atoms with van der Waals surface area (Å²) in [5.74, 6) is -0.763. The molecule has 3 aromatic rings. The number of benzene rings is 2. The summed E-state index contributed by atoms with van der Waals surface area (Å²) in [7, 11) is 0. The minimum Gasteiger partial charge on any atom is -0.320 e. The van der Waals surface area contributed by atoms with Gasteiger partial charge in [-0.3, -0.25) is 9.59 Å². The molecule has 0 saturated carbocycles. The number of amides is 2. The number of halogens is 4. The maximum atomic E-state index is 12.4. The SMILES string of the molecule is O=C(Nc1ccc(Cl)cc1Cl)c1ccc(C(=O)Nc2ccc(Cl)cc2Cl)s1. The normalized spacial score (nSPS) is 10.5. The third-order valence-corrected chi connectivity index (χ3v) is 5.59. The molecule has 0 aliphatic rings. The summed E-state index contributed by atoms with van der Waals surface area (Å²) in [6.07, 6.45) is 0. The van der Waals surface area contributed by atoms with Crippen LogP contribution >= 0.6 is 57.7 Å². The molecule has 1 aromatic heterocycles. The second-order valence-corrected chi connectivity index (χ2v) is 8.09. The molecule has 138 valence electrons. The molecule has 1 heterocycles. The Balaban J connectivity index is 1.71. The highest BCUT2D eigenvalue weighted by Gasteiger charge is 2.16. The summed E-state index contributed by atoms with van der Waals surface area (Å²) in [6, 6.07) is 12.6. The molecule has 0 atom stereocenters. The van der Waals surface area contributed by atoms with E-state index in [1.54, 1.807) is 36.4 Å². The van der Waals surface area contributed by atoms with Crippen molar-refractivity contribution in [1.29, 1.82) is 0 Å². The predicted molar refractivity (Wildman–Crippen MR) is 113 cm³/mol. The van der Waals surface area contributed by atoms with Crippen LogP contribution < -0.4 is 10.6 Å².